The van der Waals surface area contributed by atoms with E-state index < -0.39 is 0 Å². The van der Waals surface area contributed by atoms with Crippen LogP contribution in [0.25, 0.3) is 17.0 Å². The van der Waals surface area contributed by atoms with Crippen LogP contribution >= 0.6 is 0 Å². The SMILES string of the molecule is CO/C=C/c1cc2ncccc2cc1OC. The van der Waals surface area contributed by atoms with Crippen molar-refractivity contribution in [2.45, 2.75) is 0 Å². The number of rotatable bonds is 3. The normalized spacial score (nSPS) is 10.9. The average molecular weight is 215 g/mol. The summed E-state index contributed by atoms with van der Waals surface area (Å²) in [7, 11) is 3.27. The Hall–Kier alpha value is -2.03. The quantitative estimate of drug-likeness (QED) is 0.738. The van der Waals surface area contributed by atoms with E-state index in [0.717, 1.165) is 22.2 Å². The summed E-state index contributed by atoms with van der Waals surface area (Å²) < 4.78 is 10.2. The van der Waals surface area contributed by atoms with Gasteiger partial charge in [-0.3, -0.25) is 4.98 Å². The maximum Gasteiger partial charge on any atom is 0.126 e. The smallest absolute Gasteiger partial charge is 0.126 e. The van der Waals surface area contributed by atoms with Crippen LogP contribution in [-0.2, 0) is 4.74 Å². The van der Waals surface area contributed by atoms with Crippen molar-refractivity contribution in [2.75, 3.05) is 14.2 Å². The molecule has 2 rings (SSSR count). The van der Waals surface area contributed by atoms with Crippen molar-refractivity contribution >= 4 is 17.0 Å². The van der Waals surface area contributed by atoms with Gasteiger partial charge in [-0.1, -0.05) is 6.07 Å². The van der Waals surface area contributed by atoms with Crippen molar-refractivity contribution in [3.05, 3.63) is 42.3 Å². The van der Waals surface area contributed by atoms with Gasteiger partial charge in [0, 0.05) is 17.1 Å². The van der Waals surface area contributed by atoms with Crippen LogP contribution in [-0.4, -0.2) is 19.2 Å². The molecule has 0 aliphatic heterocycles. The molecule has 1 aromatic heterocycles. The highest BCUT2D eigenvalue weighted by Gasteiger charge is 2.03. The summed E-state index contributed by atoms with van der Waals surface area (Å²) in [5.74, 6) is 0.814. The first-order valence-electron chi connectivity index (χ1n) is 4.97. The summed E-state index contributed by atoms with van der Waals surface area (Å²) in [6.07, 6.45) is 5.25. The number of benzene rings is 1. The number of hydrogen-bond donors (Lipinski definition) is 0. The predicted molar refractivity (Wildman–Crippen MR) is 64.3 cm³/mol. The Kier molecular flexibility index (Phi) is 3.05. The highest BCUT2D eigenvalue weighted by Crippen LogP contribution is 2.25. The molecule has 0 amide bonds. The van der Waals surface area contributed by atoms with E-state index in [1.165, 1.54) is 0 Å². The van der Waals surface area contributed by atoms with E-state index in [-0.39, 0.29) is 0 Å². The standard InChI is InChI=1S/C13H13NO2/c1-15-7-5-11-8-12-10(4-3-6-14-12)9-13(11)16-2/h3-9H,1-2H3/b7-5+. The minimum Gasteiger partial charge on any atom is -0.504 e. The highest BCUT2D eigenvalue weighted by molar-refractivity contribution is 5.83. The molecule has 0 bridgehead atoms. The minimum atomic E-state index is 0.814. The lowest BCUT2D eigenvalue weighted by Gasteiger charge is -2.06. The predicted octanol–water partition coefficient (Wildman–Crippen LogP) is 2.86. The molecule has 0 saturated heterocycles. The zero-order valence-corrected chi connectivity index (χ0v) is 9.31. The van der Waals surface area contributed by atoms with E-state index in [2.05, 4.69) is 4.98 Å². The summed E-state index contributed by atoms with van der Waals surface area (Å²) in [4.78, 5) is 4.30. The molecule has 1 aromatic carbocycles. The summed E-state index contributed by atoms with van der Waals surface area (Å²) in [6, 6.07) is 7.86. The zero-order chi connectivity index (χ0) is 11.4. The van der Waals surface area contributed by atoms with Gasteiger partial charge in [0.25, 0.3) is 0 Å². The molecule has 0 fully saturated rings. The third-order valence-electron chi connectivity index (χ3n) is 2.34. The lowest BCUT2D eigenvalue weighted by Crippen LogP contribution is -1.88. The van der Waals surface area contributed by atoms with Gasteiger partial charge in [0.1, 0.15) is 5.75 Å². The number of fused-ring (bicyclic) bond motifs is 1. The van der Waals surface area contributed by atoms with Crippen LogP contribution < -0.4 is 4.74 Å². The molecule has 0 spiro atoms. The Morgan fingerprint density at radius 2 is 2.12 bits per heavy atom. The van der Waals surface area contributed by atoms with Gasteiger partial charge in [-0.2, -0.15) is 0 Å². The highest BCUT2D eigenvalue weighted by atomic mass is 16.5. The lowest BCUT2D eigenvalue weighted by atomic mass is 10.1. The van der Waals surface area contributed by atoms with E-state index >= 15 is 0 Å². The first-order chi connectivity index (χ1) is 7.85. The van der Waals surface area contributed by atoms with Gasteiger partial charge in [-0.05, 0) is 24.3 Å². The maximum atomic E-state index is 5.32. The fourth-order valence-electron chi connectivity index (χ4n) is 1.56. The lowest BCUT2D eigenvalue weighted by molar-refractivity contribution is 0.341. The molecule has 3 heteroatoms. The second-order valence-corrected chi connectivity index (χ2v) is 3.33. The fraction of sp³-hybridized carbons (Fsp3) is 0.154. The molecule has 2 aromatic rings. The fourth-order valence-corrected chi connectivity index (χ4v) is 1.56. The largest absolute Gasteiger partial charge is 0.504 e. The summed E-state index contributed by atoms with van der Waals surface area (Å²) in [5, 5.41) is 1.06. The van der Waals surface area contributed by atoms with E-state index in [1.807, 2.05) is 30.3 Å². The zero-order valence-electron chi connectivity index (χ0n) is 9.31. The van der Waals surface area contributed by atoms with E-state index in [4.69, 9.17) is 9.47 Å². The molecule has 0 saturated carbocycles. The Labute approximate surface area is 94.3 Å². The Balaban J connectivity index is 2.58. The molecule has 82 valence electrons. The molecule has 0 radical (unpaired) electrons. The third-order valence-corrected chi connectivity index (χ3v) is 2.34. The van der Waals surface area contributed by atoms with E-state index in [0.29, 0.717) is 0 Å². The van der Waals surface area contributed by atoms with Crippen molar-refractivity contribution in [2.24, 2.45) is 0 Å². The molecule has 3 nitrogen and oxygen atoms in total. The van der Waals surface area contributed by atoms with Crippen molar-refractivity contribution < 1.29 is 9.47 Å². The first kappa shape index (κ1) is 10.5. The second kappa shape index (κ2) is 4.66. The molecule has 1 heterocycles. The number of aromatic nitrogens is 1. The van der Waals surface area contributed by atoms with Gasteiger partial charge in [0.15, 0.2) is 0 Å². The first-order valence-corrected chi connectivity index (χ1v) is 4.97. The average Bonchev–Trinajstić information content (AvgIpc) is 2.35. The Morgan fingerprint density at radius 3 is 2.88 bits per heavy atom. The van der Waals surface area contributed by atoms with Gasteiger partial charge in [-0.15, -0.1) is 0 Å². The van der Waals surface area contributed by atoms with E-state index in [9.17, 15) is 0 Å². The molecule has 0 N–H and O–H groups in total. The van der Waals surface area contributed by atoms with Crippen LogP contribution in [0.4, 0.5) is 0 Å². The van der Waals surface area contributed by atoms with Gasteiger partial charge < -0.3 is 9.47 Å². The van der Waals surface area contributed by atoms with Gasteiger partial charge in [-0.25, -0.2) is 0 Å². The number of methoxy groups -OCH3 is 2. The second-order valence-electron chi connectivity index (χ2n) is 3.33. The number of pyridine rings is 1. The van der Waals surface area contributed by atoms with Crippen LogP contribution in [0.2, 0.25) is 0 Å². The molecule has 0 aliphatic carbocycles. The van der Waals surface area contributed by atoms with Crippen LogP contribution in [0.1, 0.15) is 5.56 Å². The van der Waals surface area contributed by atoms with Crippen molar-refractivity contribution in [3.8, 4) is 5.75 Å². The molecular formula is C13H13NO2. The molecule has 0 atom stereocenters. The van der Waals surface area contributed by atoms with Crippen molar-refractivity contribution in [1.82, 2.24) is 4.98 Å². The summed E-state index contributed by atoms with van der Waals surface area (Å²) >= 11 is 0. The van der Waals surface area contributed by atoms with Crippen molar-refractivity contribution in [3.63, 3.8) is 0 Å². The Bertz CT molecular complexity index is 520. The molecular weight excluding hydrogens is 202 g/mol. The maximum absolute atomic E-state index is 5.32. The number of nitrogens with zero attached hydrogens (tertiary/aromatic N) is 1. The third kappa shape index (κ3) is 1.98. The van der Waals surface area contributed by atoms with Crippen LogP contribution in [0, 0.1) is 0 Å². The minimum absolute atomic E-state index is 0.814. The van der Waals surface area contributed by atoms with Crippen molar-refractivity contribution in [1.29, 1.82) is 0 Å². The van der Waals surface area contributed by atoms with Gasteiger partial charge >= 0.3 is 0 Å². The number of ether oxygens (including phenoxy) is 2. The summed E-state index contributed by atoms with van der Waals surface area (Å²) in [6.45, 7) is 0. The van der Waals surface area contributed by atoms with Crippen LogP contribution in [0.5, 0.6) is 5.75 Å². The van der Waals surface area contributed by atoms with Gasteiger partial charge in [0.05, 0.1) is 26.0 Å². The Morgan fingerprint density at radius 1 is 1.25 bits per heavy atom. The molecule has 0 unspecified atom stereocenters. The topological polar surface area (TPSA) is 31.4 Å². The van der Waals surface area contributed by atoms with Crippen LogP contribution in [0.15, 0.2) is 36.7 Å². The van der Waals surface area contributed by atoms with Crippen LogP contribution in [0.3, 0.4) is 0 Å². The monoisotopic (exact) mass is 215 g/mol. The summed E-state index contributed by atoms with van der Waals surface area (Å²) in [5.41, 5.74) is 1.90. The van der Waals surface area contributed by atoms with Gasteiger partial charge in [0.2, 0.25) is 0 Å². The van der Waals surface area contributed by atoms with E-state index in [1.54, 1.807) is 26.7 Å². The molecule has 0 aliphatic rings. The number of hydrogen-bond acceptors (Lipinski definition) is 3. The molecule has 16 heavy (non-hydrogen) atoms.